The molecule has 2 aliphatic heterocycles. The van der Waals surface area contributed by atoms with Crippen LogP contribution in [-0.2, 0) is 21.4 Å². The first-order valence-electron chi connectivity index (χ1n) is 18.5. The minimum Gasteiger partial charge on any atom is -0.478 e. The highest BCUT2D eigenvalue weighted by molar-refractivity contribution is 6.21. The Balaban J connectivity index is 1.33. The Labute approximate surface area is 291 Å². The van der Waals surface area contributed by atoms with Crippen molar-refractivity contribution < 1.29 is 24.5 Å². The Morgan fingerprint density at radius 2 is 1.82 bits per heavy atom. The summed E-state index contributed by atoms with van der Waals surface area (Å²) in [5, 5.41) is 22.4. The summed E-state index contributed by atoms with van der Waals surface area (Å²) in [6.07, 6.45) is 12.0. The molecule has 49 heavy (non-hydrogen) atoms. The van der Waals surface area contributed by atoms with Crippen molar-refractivity contribution >= 4 is 34.3 Å². The molecule has 2 aromatic rings. The summed E-state index contributed by atoms with van der Waals surface area (Å²) in [5.41, 5.74) is 8.82. The summed E-state index contributed by atoms with van der Waals surface area (Å²) >= 11 is 0. The zero-order valence-corrected chi connectivity index (χ0v) is 30.8. The van der Waals surface area contributed by atoms with Crippen molar-refractivity contribution in [1.82, 2.24) is 4.57 Å². The molecule has 7 unspecified atom stereocenters. The number of benzene rings is 1. The molecule has 2 fully saturated rings. The number of carboxylic acid groups (broad SMARTS) is 1. The van der Waals surface area contributed by atoms with Gasteiger partial charge >= 0.3 is 5.97 Å². The molecule has 7 atom stereocenters. The van der Waals surface area contributed by atoms with E-state index in [0.717, 1.165) is 71.9 Å². The molecule has 1 aromatic carbocycles. The van der Waals surface area contributed by atoms with Crippen molar-refractivity contribution in [2.45, 2.75) is 136 Å². The predicted molar refractivity (Wildman–Crippen MR) is 195 cm³/mol. The Morgan fingerprint density at radius 1 is 1.10 bits per heavy atom. The van der Waals surface area contributed by atoms with E-state index in [4.69, 9.17) is 4.74 Å². The predicted octanol–water partition coefficient (Wildman–Crippen LogP) is 9.14. The van der Waals surface area contributed by atoms with Crippen molar-refractivity contribution in [2.24, 2.45) is 22.7 Å². The standard InChI is InChI=1S/C43H53NO5/c1-22(2)34-36(46)33-26-20-30-29(21-39(4,5)49-40(30,6)7)25(26)19-27-28-18-24-13-14-31-41(8,16-11-12-23(3)38(47)48)32(45)15-17-42(31,9)43(24,10)37(28)44(34)35(27)33/h12,19-21,24,31-32,34,45H,1,11,13-18H2,2-10H3,(H,47,48). The molecule has 0 saturated heterocycles. The summed E-state index contributed by atoms with van der Waals surface area (Å²) in [6.45, 7) is 23.8. The smallest absolute Gasteiger partial charge is 0.330 e. The second-order valence-electron chi connectivity index (χ2n) is 18.2. The number of hydrogen-bond donors (Lipinski definition) is 2. The normalized spacial score (nSPS) is 36.4. The van der Waals surface area contributed by atoms with Crippen LogP contribution in [0.3, 0.4) is 0 Å². The lowest BCUT2D eigenvalue weighted by Crippen LogP contribution is -2.62. The fourth-order valence-corrected chi connectivity index (χ4v) is 12.3. The van der Waals surface area contributed by atoms with Crippen LogP contribution in [-0.4, -0.2) is 43.8 Å². The second kappa shape index (κ2) is 9.97. The number of Topliss-reactive ketones (excluding diaryl/α,β-unsaturated/α-hetero) is 1. The number of ketones is 1. The number of carbonyl (C=O) groups is 2. The van der Waals surface area contributed by atoms with Crippen LogP contribution in [0.25, 0.3) is 22.6 Å². The maximum atomic E-state index is 14.8. The quantitative estimate of drug-likeness (QED) is 0.246. The molecule has 2 saturated carbocycles. The largest absolute Gasteiger partial charge is 0.478 e. The number of aliphatic hydroxyl groups is 1. The lowest BCUT2D eigenvalue weighted by Gasteiger charge is -2.65. The topological polar surface area (TPSA) is 88.8 Å². The molecule has 6 nitrogen and oxygen atoms in total. The number of ether oxygens (including phenoxy) is 1. The average molecular weight is 664 g/mol. The van der Waals surface area contributed by atoms with E-state index in [1.165, 1.54) is 22.2 Å². The summed E-state index contributed by atoms with van der Waals surface area (Å²) < 4.78 is 8.98. The van der Waals surface area contributed by atoms with Gasteiger partial charge in [-0.2, -0.15) is 0 Å². The highest BCUT2D eigenvalue weighted by atomic mass is 16.5. The Hall–Kier alpha value is -3.22. The Bertz CT molecular complexity index is 2000. The zero-order chi connectivity index (χ0) is 35.4. The monoisotopic (exact) mass is 663 g/mol. The van der Waals surface area contributed by atoms with Gasteiger partial charge in [-0.25, -0.2) is 4.79 Å². The number of rotatable bonds is 5. The van der Waals surface area contributed by atoms with E-state index in [9.17, 15) is 19.8 Å². The fourth-order valence-electron chi connectivity index (χ4n) is 12.3. The first kappa shape index (κ1) is 33.0. The number of allylic oxidation sites excluding steroid dienone is 2. The molecule has 1 aromatic heterocycles. The molecular formula is C43H53NO5. The van der Waals surface area contributed by atoms with Gasteiger partial charge in [-0.1, -0.05) is 39.0 Å². The van der Waals surface area contributed by atoms with Crippen LogP contribution >= 0.6 is 0 Å². The van der Waals surface area contributed by atoms with Gasteiger partial charge in [0.1, 0.15) is 6.04 Å². The Kier molecular flexibility index (Phi) is 6.71. The van der Waals surface area contributed by atoms with Gasteiger partial charge in [-0.15, -0.1) is 0 Å². The minimum atomic E-state index is -0.886. The van der Waals surface area contributed by atoms with Gasteiger partial charge in [-0.3, -0.25) is 4.79 Å². The van der Waals surface area contributed by atoms with Crippen LogP contribution in [0.4, 0.5) is 0 Å². The molecule has 0 spiro atoms. The molecule has 8 rings (SSSR count). The van der Waals surface area contributed by atoms with Gasteiger partial charge in [0.25, 0.3) is 0 Å². The Morgan fingerprint density at radius 3 is 2.49 bits per heavy atom. The van der Waals surface area contributed by atoms with E-state index in [2.05, 4.69) is 77.8 Å². The summed E-state index contributed by atoms with van der Waals surface area (Å²) in [4.78, 5) is 26.3. The number of aromatic nitrogens is 1. The van der Waals surface area contributed by atoms with Crippen molar-refractivity contribution in [2.75, 3.05) is 0 Å². The zero-order valence-electron chi connectivity index (χ0n) is 30.8. The van der Waals surface area contributed by atoms with E-state index in [0.29, 0.717) is 17.9 Å². The number of fused-ring (bicyclic) bond motifs is 11. The minimum absolute atomic E-state index is 0.118. The number of nitrogens with zero attached hydrogens (tertiary/aromatic N) is 1. The number of carboxylic acids is 1. The van der Waals surface area contributed by atoms with Crippen LogP contribution in [0.1, 0.15) is 140 Å². The summed E-state index contributed by atoms with van der Waals surface area (Å²) in [7, 11) is 0. The number of hydrogen-bond acceptors (Lipinski definition) is 4. The van der Waals surface area contributed by atoms with Crippen molar-refractivity contribution in [3.63, 3.8) is 0 Å². The van der Waals surface area contributed by atoms with Gasteiger partial charge < -0.3 is 19.5 Å². The third kappa shape index (κ3) is 4.02. The third-order valence-corrected chi connectivity index (χ3v) is 14.7. The van der Waals surface area contributed by atoms with Gasteiger partial charge in [0, 0.05) is 22.1 Å². The highest BCUT2D eigenvalue weighted by Crippen LogP contribution is 2.71. The van der Waals surface area contributed by atoms with E-state index in [1.54, 1.807) is 6.92 Å². The molecule has 4 aliphatic carbocycles. The SMILES string of the molecule is C=C(C)C1C(=O)c2c3c(cc4c5c(n1c24)C1(C)C(CCC2C(C)(CCC=C(C)C(=O)O)C(O)CCC21C)C5)C1=CC(C)(C)OC(C)(C)C1=C3. The van der Waals surface area contributed by atoms with Gasteiger partial charge in [0.2, 0.25) is 0 Å². The molecule has 0 bridgehead atoms. The first-order valence-corrected chi connectivity index (χ1v) is 18.5. The highest BCUT2D eigenvalue weighted by Gasteiger charge is 2.67. The number of aliphatic carboxylic acids is 1. The van der Waals surface area contributed by atoms with Crippen molar-refractivity contribution in [3.05, 3.63) is 69.5 Å². The van der Waals surface area contributed by atoms with E-state index in [1.807, 2.05) is 13.0 Å². The number of carbonyl (C=O) groups excluding carboxylic acids is 1. The average Bonchev–Trinajstić information content (AvgIpc) is 3.69. The second-order valence-corrected chi connectivity index (χ2v) is 18.2. The summed E-state index contributed by atoms with van der Waals surface area (Å²) in [5.74, 6) is -0.0430. The number of aliphatic hydroxyl groups excluding tert-OH is 1. The molecular weight excluding hydrogens is 610 g/mol. The van der Waals surface area contributed by atoms with Gasteiger partial charge in [-0.05, 0) is 155 Å². The first-order chi connectivity index (χ1) is 22.8. The van der Waals surface area contributed by atoms with Crippen LogP contribution in [0, 0.1) is 22.7 Å². The van der Waals surface area contributed by atoms with E-state index >= 15 is 0 Å². The molecule has 3 heterocycles. The van der Waals surface area contributed by atoms with Gasteiger partial charge in [0.05, 0.1) is 28.4 Å². The summed E-state index contributed by atoms with van der Waals surface area (Å²) in [6, 6.07) is 1.96. The molecule has 6 heteroatoms. The van der Waals surface area contributed by atoms with Crippen molar-refractivity contribution in [1.29, 1.82) is 0 Å². The molecule has 260 valence electrons. The van der Waals surface area contributed by atoms with Gasteiger partial charge in [0.15, 0.2) is 5.78 Å². The fraction of sp³-hybridized carbons (Fsp3) is 0.581. The molecule has 2 N–H and O–H groups in total. The van der Waals surface area contributed by atoms with Crippen LogP contribution in [0.2, 0.25) is 0 Å². The van der Waals surface area contributed by atoms with E-state index < -0.39 is 29.3 Å². The van der Waals surface area contributed by atoms with Crippen LogP contribution in [0.15, 0.2) is 41.5 Å². The van der Waals surface area contributed by atoms with Crippen LogP contribution in [0.5, 0.6) is 0 Å². The maximum Gasteiger partial charge on any atom is 0.330 e. The van der Waals surface area contributed by atoms with Crippen LogP contribution < -0.4 is 0 Å². The molecule has 0 radical (unpaired) electrons. The molecule has 0 amide bonds. The third-order valence-electron chi connectivity index (χ3n) is 14.7. The lowest BCUT2D eigenvalue weighted by atomic mass is 9.40. The lowest BCUT2D eigenvalue weighted by molar-refractivity contribution is -0.166. The maximum absolute atomic E-state index is 14.8. The molecule has 6 aliphatic rings. The van der Waals surface area contributed by atoms with Crippen molar-refractivity contribution in [3.8, 4) is 0 Å². The van der Waals surface area contributed by atoms with E-state index in [-0.39, 0.29) is 27.9 Å².